The van der Waals surface area contributed by atoms with Gasteiger partial charge in [-0.25, -0.2) is 4.79 Å². The van der Waals surface area contributed by atoms with Crippen molar-refractivity contribution in [3.63, 3.8) is 0 Å². The molecular weight excluding hydrogens is 332 g/mol. The summed E-state index contributed by atoms with van der Waals surface area (Å²) in [6.07, 6.45) is 5.10. The Balaban J connectivity index is 1.82. The van der Waals surface area contributed by atoms with Gasteiger partial charge in [0.15, 0.2) is 0 Å². The maximum absolute atomic E-state index is 12.3. The van der Waals surface area contributed by atoms with Crippen LogP contribution in [-0.4, -0.2) is 24.0 Å². The van der Waals surface area contributed by atoms with Crippen LogP contribution < -0.4 is 9.64 Å². The normalized spacial score (nSPS) is 17.9. The monoisotopic (exact) mass is 350 g/mol. The molecule has 1 saturated heterocycles. The van der Waals surface area contributed by atoms with E-state index >= 15 is 0 Å². The second kappa shape index (κ2) is 6.63. The lowest BCUT2D eigenvalue weighted by Gasteiger charge is -2.30. The number of ether oxygens (including phenoxy) is 1. The first-order valence-corrected chi connectivity index (χ1v) is 8.70. The average molecular weight is 350 g/mol. The van der Waals surface area contributed by atoms with Crippen LogP contribution >= 0.6 is 0 Å². The van der Waals surface area contributed by atoms with Crippen molar-refractivity contribution in [3.05, 3.63) is 63.7 Å². The number of hydrogen-bond acceptors (Lipinski definition) is 5. The lowest BCUT2D eigenvalue weighted by Crippen LogP contribution is -2.29. The maximum Gasteiger partial charge on any atom is 0.344 e. The van der Waals surface area contributed by atoms with E-state index in [1.165, 1.54) is 18.6 Å². The number of carbonyl (C=O) groups is 1. The number of hydrogen-bond donors (Lipinski definition) is 0. The van der Waals surface area contributed by atoms with Gasteiger partial charge in [0.1, 0.15) is 5.75 Å². The largest absolute Gasteiger partial charge is 0.422 e. The lowest BCUT2D eigenvalue weighted by atomic mass is 10.0. The molecule has 2 aliphatic rings. The molecule has 0 unspecified atom stereocenters. The van der Waals surface area contributed by atoms with Gasteiger partial charge in [-0.1, -0.05) is 18.2 Å². The number of nitro groups is 1. The van der Waals surface area contributed by atoms with Crippen LogP contribution in [0, 0.1) is 10.1 Å². The Bertz CT molecular complexity index is 914. The maximum atomic E-state index is 12.3. The Morgan fingerprint density at radius 1 is 1.08 bits per heavy atom. The number of non-ortho nitro benzene ring substituents is 1. The van der Waals surface area contributed by atoms with Crippen molar-refractivity contribution in [1.82, 2.24) is 0 Å². The fourth-order valence-electron chi connectivity index (χ4n) is 3.53. The number of piperidine rings is 1. The van der Waals surface area contributed by atoms with Crippen LogP contribution in [0.2, 0.25) is 0 Å². The van der Waals surface area contributed by atoms with E-state index in [0.717, 1.165) is 31.6 Å². The molecule has 0 bridgehead atoms. The van der Waals surface area contributed by atoms with Gasteiger partial charge in [-0.2, -0.15) is 0 Å². The van der Waals surface area contributed by atoms with Gasteiger partial charge in [0.2, 0.25) is 0 Å². The molecule has 0 radical (unpaired) electrons. The Hall–Kier alpha value is -3.15. The fourth-order valence-corrected chi connectivity index (χ4v) is 3.53. The van der Waals surface area contributed by atoms with Crippen molar-refractivity contribution in [2.75, 3.05) is 18.0 Å². The molecule has 6 nitrogen and oxygen atoms in total. The highest BCUT2D eigenvalue weighted by Crippen LogP contribution is 2.37. The van der Waals surface area contributed by atoms with E-state index in [1.807, 2.05) is 18.2 Å². The summed E-state index contributed by atoms with van der Waals surface area (Å²) >= 11 is 0. The summed E-state index contributed by atoms with van der Waals surface area (Å²) in [5.41, 5.74) is 2.75. The summed E-state index contributed by atoms with van der Waals surface area (Å²) in [7, 11) is 0. The molecule has 132 valence electrons. The summed E-state index contributed by atoms with van der Waals surface area (Å²) in [6, 6.07) is 12.0. The number of para-hydroxylation sites is 1. The number of esters is 1. The Morgan fingerprint density at radius 3 is 2.62 bits per heavy atom. The second-order valence-electron chi connectivity index (χ2n) is 6.49. The molecule has 0 N–H and O–H groups in total. The van der Waals surface area contributed by atoms with E-state index in [-0.39, 0.29) is 5.69 Å². The van der Waals surface area contributed by atoms with Crippen molar-refractivity contribution in [3.8, 4) is 5.75 Å². The van der Waals surface area contributed by atoms with Crippen LogP contribution in [0.4, 0.5) is 11.4 Å². The van der Waals surface area contributed by atoms with Crippen LogP contribution in [0.15, 0.2) is 42.5 Å². The fraction of sp³-hybridized carbons (Fsp3) is 0.250. The van der Waals surface area contributed by atoms with Crippen LogP contribution in [0.5, 0.6) is 5.75 Å². The first-order valence-electron chi connectivity index (χ1n) is 8.70. The van der Waals surface area contributed by atoms with Crippen LogP contribution in [0.1, 0.15) is 30.4 Å². The average Bonchev–Trinajstić information content (AvgIpc) is 2.98. The van der Waals surface area contributed by atoms with E-state index in [2.05, 4.69) is 4.90 Å². The van der Waals surface area contributed by atoms with Crippen molar-refractivity contribution < 1.29 is 14.5 Å². The van der Waals surface area contributed by atoms with Gasteiger partial charge >= 0.3 is 5.97 Å². The van der Waals surface area contributed by atoms with Gasteiger partial charge in [-0.15, -0.1) is 0 Å². The summed E-state index contributed by atoms with van der Waals surface area (Å²) in [5, 5.41) is 11.2. The molecule has 0 spiro atoms. The van der Waals surface area contributed by atoms with E-state index in [4.69, 9.17) is 4.74 Å². The third-order valence-corrected chi connectivity index (χ3v) is 4.82. The van der Waals surface area contributed by atoms with E-state index in [1.54, 1.807) is 18.2 Å². The molecule has 26 heavy (non-hydrogen) atoms. The summed E-state index contributed by atoms with van der Waals surface area (Å²) in [6.45, 7) is 1.82. The minimum atomic E-state index is -0.428. The standard InChI is InChI=1S/C20H18N2O4/c23-20-17(16-6-2-3-7-19(16)26-20)13-14-12-15(22(24)25)8-9-18(14)21-10-4-1-5-11-21/h2-3,6-9,12-13H,1,4-5,10-11H2. The number of fused-ring (bicyclic) bond motifs is 1. The molecule has 0 atom stereocenters. The molecule has 0 aliphatic carbocycles. The SMILES string of the molecule is O=C1Oc2ccccc2C1=Cc1cc([N+](=O)[O-])ccc1N1CCCCC1. The van der Waals surface area contributed by atoms with Gasteiger partial charge in [-0.05, 0) is 37.5 Å². The molecule has 0 amide bonds. The predicted octanol–water partition coefficient (Wildman–Crippen LogP) is 4.04. The Labute approximate surface area is 150 Å². The van der Waals surface area contributed by atoms with Crippen molar-refractivity contribution >= 4 is 29.0 Å². The minimum Gasteiger partial charge on any atom is -0.422 e. The summed E-state index contributed by atoms with van der Waals surface area (Å²) < 4.78 is 5.30. The second-order valence-corrected chi connectivity index (χ2v) is 6.49. The zero-order chi connectivity index (χ0) is 18.1. The highest BCUT2D eigenvalue weighted by atomic mass is 16.6. The summed E-state index contributed by atoms with van der Waals surface area (Å²) in [5.74, 6) is 0.0935. The van der Waals surface area contributed by atoms with Gasteiger partial charge in [-0.3, -0.25) is 10.1 Å². The molecule has 2 heterocycles. The number of nitrogens with zero attached hydrogens (tertiary/aromatic N) is 2. The minimum absolute atomic E-state index is 0.0114. The molecular formula is C20H18N2O4. The molecule has 4 rings (SSSR count). The number of benzene rings is 2. The smallest absolute Gasteiger partial charge is 0.344 e. The lowest BCUT2D eigenvalue weighted by molar-refractivity contribution is -0.384. The molecule has 6 heteroatoms. The third kappa shape index (κ3) is 2.94. The summed E-state index contributed by atoms with van der Waals surface area (Å²) in [4.78, 5) is 25.3. The van der Waals surface area contributed by atoms with Gasteiger partial charge < -0.3 is 9.64 Å². The quantitative estimate of drug-likeness (QED) is 0.275. The van der Waals surface area contributed by atoms with Crippen LogP contribution in [-0.2, 0) is 4.79 Å². The highest BCUT2D eigenvalue weighted by molar-refractivity contribution is 6.26. The Morgan fingerprint density at radius 2 is 1.85 bits per heavy atom. The first-order chi connectivity index (χ1) is 12.6. The number of rotatable bonds is 3. The van der Waals surface area contributed by atoms with E-state index < -0.39 is 10.9 Å². The zero-order valence-corrected chi connectivity index (χ0v) is 14.2. The van der Waals surface area contributed by atoms with E-state index in [0.29, 0.717) is 22.4 Å². The number of anilines is 1. The van der Waals surface area contributed by atoms with Crippen molar-refractivity contribution in [1.29, 1.82) is 0 Å². The van der Waals surface area contributed by atoms with Crippen LogP contribution in [0.3, 0.4) is 0 Å². The van der Waals surface area contributed by atoms with Gasteiger partial charge in [0.05, 0.1) is 10.5 Å². The van der Waals surface area contributed by atoms with Gasteiger partial charge in [0, 0.05) is 42.0 Å². The topological polar surface area (TPSA) is 72.7 Å². The van der Waals surface area contributed by atoms with Crippen molar-refractivity contribution in [2.45, 2.75) is 19.3 Å². The molecule has 1 fully saturated rings. The molecule has 2 aromatic carbocycles. The van der Waals surface area contributed by atoms with Gasteiger partial charge in [0.25, 0.3) is 5.69 Å². The molecule has 0 aromatic heterocycles. The number of nitro benzene ring substituents is 1. The van der Waals surface area contributed by atoms with Crippen molar-refractivity contribution in [2.24, 2.45) is 0 Å². The highest BCUT2D eigenvalue weighted by Gasteiger charge is 2.27. The molecule has 0 saturated carbocycles. The van der Waals surface area contributed by atoms with Crippen LogP contribution in [0.25, 0.3) is 11.6 Å². The molecule has 2 aromatic rings. The Kier molecular flexibility index (Phi) is 4.16. The zero-order valence-electron chi connectivity index (χ0n) is 14.2. The first kappa shape index (κ1) is 16.3. The molecule has 2 aliphatic heterocycles. The van der Waals surface area contributed by atoms with E-state index in [9.17, 15) is 14.9 Å². The number of carbonyl (C=O) groups excluding carboxylic acids is 1. The third-order valence-electron chi connectivity index (χ3n) is 4.82. The predicted molar refractivity (Wildman–Crippen MR) is 99.1 cm³/mol.